The van der Waals surface area contributed by atoms with Gasteiger partial charge in [0.1, 0.15) is 0 Å². The lowest BCUT2D eigenvalue weighted by atomic mass is 10.5. The molecule has 0 unspecified atom stereocenters. The normalized spacial score (nSPS) is 11.6. The molecule has 0 aromatic heterocycles. The third-order valence-corrected chi connectivity index (χ3v) is 1.39. The van der Waals surface area contributed by atoms with Crippen LogP contribution in [0.2, 0.25) is 0 Å². The highest BCUT2D eigenvalue weighted by Crippen LogP contribution is 2.14. The third kappa shape index (κ3) is 8.46. The van der Waals surface area contributed by atoms with E-state index in [-0.39, 0.29) is 6.54 Å². The second-order valence-electron chi connectivity index (χ2n) is 2.62. The van der Waals surface area contributed by atoms with Crippen LogP contribution in [0.3, 0.4) is 0 Å². The van der Waals surface area contributed by atoms with Gasteiger partial charge in [0.05, 0.1) is 0 Å². The van der Waals surface area contributed by atoms with Crippen molar-refractivity contribution in [2.45, 2.75) is 20.0 Å². The van der Waals surface area contributed by atoms with Gasteiger partial charge in [0.15, 0.2) is 0 Å². The average molecular weight is 256 g/mol. The number of nitrogens with two attached hydrogens (primary N) is 2. The number of aliphatic imine (C=N–C) groups is 1. The van der Waals surface area contributed by atoms with Crippen LogP contribution in [0.5, 0.6) is 0 Å². The number of amidine groups is 1. The Morgan fingerprint density at radius 2 is 1.88 bits per heavy atom. The molecule has 0 bridgehead atoms. The van der Waals surface area contributed by atoms with Crippen LogP contribution >= 0.6 is 0 Å². The van der Waals surface area contributed by atoms with Crippen LogP contribution in [0.4, 0.5) is 13.2 Å². The fraction of sp³-hybridized carbons (Fsp3) is 0.750. The topological polar surface area (TPSA) is 104 Å². The van der Waals surface area contributed by atoms with Crippen LogP contribution in [0.15, 0.2) is 4.99 Å². The van der Waals surface area contributed by atoms with Gasteiger partial charge in [0, 0.05) is 13.1 Å². The molecule has 0 aromatic rings. The highest BCUT2D eigenvalue weighted by atomic mass is 19.4. The van der Waals surface area contributed by atoms with Crippen molar-refractivity contribution in [2.75, 3.05) is 20.1 Å². The Bertz CT molecular complexity index is 250. The molecular formula is C8H19F3N6. The van der Waals surface area contributed by atoms with Gasteiger partial charge in [-0.05, 0) is 7.05 Å². The lowest BCUT2D eigenvalue weighted by Crippen LogP contribution is -2.42. The lowest BCUT2D eigenvalue weighted by molar-refractivity contribution is -0.0597. The molecule has 6 N–H and O–H groups in total. The Labute approximate surface area is 98.3 Å². The van der Waals surface area contributed by atoms with E-state index in [0.29, 0.717) is 6.54 Å². The minimum Gasteiger partial charge on any atom is -0.379 e. The van der Waals surface area contributed by atoms with Crippen molar-refractivity contribution in [1.82, 2.24) is 10.3 Å². The summed E-state index contributed by atoms with van der Waals surface area (Å²) in [6.07, 6.45) is -4.74. The van der Waals surface area contributed by atoms with E-state index in [0.717, 1.165) is 5.01 Å². The fourth-order valence-electron chi connectivity index (χ4n) is 0.580. The molecule has 0 radical (unpaired) electrons. The zero-order valence-electron chi connectivity index (χ0n) is 10.1. The number of halogens is 3. The number of likely N-dealkylation sites (N-methyl/N-ethyl adjacent to an activating group) is 1. The largest absolute Gasteiger partial charge is 0.449 e. The summed E-state index contributed by atoms with van der Waals surface area (Å²) in [6.45, 7) is 4.57. The number of guanidine groups is 1. The average Bonchev–Trinajstić information content (AvgIpc) is 2.27. The van der Waals surface area contributed by atoms with E-state index in [1.165, 1.54) is 0 Å². The number of hydrazine groups is 1. The fourth-order valence-corrected chi connectivity index (χ4v) is 0.580. The van der Waals surface area contributed by atoms with E-state index in [9.17, 15) is 13.2 Å². The van der Waals surface area contributed by atoms with Gasteiger partial charge in [0.2, 0.25) is 11.8 Å². The Morgan fingerprint density at radius 1 is 1.41 bits per heavy atom. The van der Waals surface area contributed by atoms with Gasteiger partial charge >= 0.3 is 6.18 Å². The van der Waals surface area contributed by atoms with E-state index in [2.05, 4.69) is 16.0 Å². The summed E-state index contributed by atoms with van der Waals surface area (Å²) >= 11 is 0. The summed E-state index contributed by atoms with van der Waals surface area (Å²) < 4.78 is 35.7. The standard InChI is InChI=1S/C6H13F3N6.C2H6/c1-13-2-3-15(12)5(11)14-4(10)6(7,8)9;1-2/h13H,2-3,12H2,1H3,(H3,10,11,14);1-2H3. The smallest absolute Gasteiger partial charge is 0.379 e. The van der Waals surface area contributed by atoms with Crippen LogP contribution in [0.1, 0.15) is 13.8 Å². The lowest BCUT2D eigenvalue weighted by Gasteiger charge is -2.16. The van der Waals surface area contributed by atoms with Gasteiger partial charge in [-0.2, -0.15) is 18.2 Å². The SMILES string of the molecule is CC.CNCCN(N)C(=N)/N=C(\N)C(F)(F)F. The molecule has 9 heteroatoms. The molecule has 0 aromatic carbocycles. The monoisotopic (exact) mass is 256 g/mol. The first-order valence-electron chi connectivity index (χ1n) is 4.95. The van der Waals surface area contributed by atoms with Crippen molar-refractivity contribution in [3.63, 3.8) is 0 Å². The third-order valence-electron chi connectivity index (χ3n) is 1.39. The predicted molar refractivity (Wildman–Crippen MR) is 61.6 cm³/mol. The Balaban J connectivity index is 0. The van der Waals surface area contributed by atoms with Gasteiger partial charge in [0.25, 0.3) is 0 Å². The van der Waals surface area contributed by atoms with Crippen LogP contribution in [-0.4, -0.2) is 43.1 Å². The van der Waals surface area contributed by atoms with Crippen molar-refractivity contribution in [2.24, 2.45) is 16.6 Å². The van der Waals surface area contributed by atoms with Crippen LogP contribution < -0.4 is 16.9 Å². The number of alkyl halides is 3. The van der Waals surface area contributed by atoms with Gasteiger partial charge in [-0.1, -0.05) is 13.8 Å². The van der Waals surface area contributed by atoms with Crippen molar-refractivity contribution in [3.05, 3.63) is 0 Å². The number of nitrogens with zero attached hydrogens (tertiary/aromatic N) is 2. The molecule has 0 heterocycles. The van der Waals surface area contributed by atoms with Crippen LogP contribution in [0, 0.1) is 5.41 Å². The number of hydrogen-bond donors (Lipinski definition) is 4. The van der Waals surface area contributed by atoms with Crippen molar-refractivity contribution in [1.29, 1.82) is 5.41 Å². The van der Waals surface area contributed by atoms with Crippen molar-refractivity contribution < 1.29 is 13.2 Å². The van der Waals surface area contributed by atoms with E-state index in [1.807, 2.05) is 13.8 Å². The second kappa shape index (κ2) is 8.76. The summed E-state index contributed by atoms with van der Waals surface area (Å²) in [4.78, 5) is 2.83. The van der Waals surface area contributed by atoms with Crippen molar-refractivity contribution in [3.8, 4) is 0 Å². The molecule has 0 fully saturated rings. The molecule has 0 atom stereocenters. The molecular weight excluding hydrogens is 237 g/mol. The summed E-state index contributed by atoms with van der Waals surface area (Å²) in [7, 11) is 1.64. The highest BCUT2D eigenvalue weighted by molar-refractivity contribution is 5.96. The molecule has 0 spiro atoms. The van der Waals surface area contributed by atoms with E-state index in [1.54, 1.807) is 7.05 Å². The molecule has 0 saturated carbocycles. The quantitative estimate of drug-likeness (QED) is 0.252. The second-order valence-corrected chi connectivity index (χ2v) is 2.62. The highest BCUT2D eigenvalue weighted by Gasteiger charge is 2.34. The number of nitrogens with one attached hydrogen (secondary N) is 2. The first-order chi connectivity index (χ1) is 7.79. The molecule has 102 valence electrons. The maximum absolute atomic E-state index is 11.9. The maximum atomic E-state index is 11.9. The van der Waals surface area contributed by atoms with Gasteiger partial charge in [-0.25, -0.2) is 5.84 Å². The Morgan fingerprint density at radius 3 is 2.24 bits per heavy atom. The zero-order valence-corrected chi connectivity index (χ0v) is 10.1. The maximum Gasteiger partial charge on any atom is 0.449 e. The molecule has 0 amide bonds. The van der Waals surface area contributed by atoms with Crippen LogP contribution in [0.25, 0.3) is 0 Å². The molecule has 17 heavy (non-hydrogen) atoms. The Kier molecular flexibility index (Phi) is 9.29. The molecule has 0 aliphatic heterocycles. The minimum atomic E-state index is -4.74. The van der Waals surface area contributed by atoms with Gasteiger partial charge in [-0.3, -0.25) is 10.4 Å². The predicted octanol–water partition coefficient (Wildman–Crippen LogP) is 0.262. The van der Waals surface area contributed by atoms with Crippen LogP contribution in [-0.2, 0) is 0 Å². The zero-order chi connectivity index (χ0) is 14.1. The van der Waals surface area contributed by atoms with E-state index in [4.69, 9.17) is 11.3 Å². The first-order valence-corrected chi connectivity index (χ1v) is 4.95. The summed E-state index contributed by atoms with van der Waals surface area (Å²) in [6, 6.07) is 0. The molecule has 0 aliphatic rings. The summed E-state index contributed by atoms with van der Waals surface area (Å²) in [5.74, 6) is 2.91. The molecule has 0 rings (SSSR count). The number of hydrogen-bond acceptors (Lipinski definition) is 3. The Hall–Kier alpha value is -1.35. The van der Waals surface area contributed by atoms with Gasteiger partial charge < -0.3 is 11.1 Å². The van der Waals surface area contributed by atoms with E-state index >= 15 is 0 Å². The molecule has 6 nitrogen and oxygen atoms in total. The molecule has 0 aliphatic carbocycles. The minimum absolute atomic E-state index is 0.157. The van der Waals surface area contributed by atoms with Gasteiger partial charge in [-0.15, -0.1) is 0 Å². The van der Waals surface area contributed by atoms with Crippen molar-refractivity contribution >= 4 is 11.8 Å². The summed E-state index contributed by atoms with van der Waals surface area (Å²) in [5, 5.41) is 10.6. The molecule has 0 saturated heterocycles. The van der Waals surface area contributed by atoms with E-state index < -0.39 is 18.0 Å². The first kappa shape index (κ1) is 18.0. The summed E-state index contributed by atoms with van der Waals surface area (Å²) in [5.41, 5.74) is 4.60. The number of rotatable bonds is 3.